The van der Waals surface area contributed by atoms with Gasteiger partial charge in [0.2, 0.25) is 5.95 Å². The van der Waals surface area contributed by atoms with E-state index in [1.807, 2.05) is 13.8 Å². The largest absolute Gasteiger partial charge is 0.495 e. The molecular weight excluding hydrogens is 358 g/mol. The molecule has 1 aromatic carbocycles. The lowest BCUT2D eigenvalue weighted by molar-refractivity contribution is 0.400. The Morgan fingerprint density at radius 2 is 1.69 bits per heavy atom. The van der Waals surface area contributed by atoms with Gasteiger partial charge in [-0.3, -0.25) is 0 Å². The summed E-state index contributed by atoms with van der Waals surface area (Å²) in [5.41, 5.74) is 1.40. The SMILES string of the molecule is COc1cc(Nc2nc(C)cc(Nc3cc(C)on3)n2)c(OC)cc1Cl. The van der Waals surface area contributed by atoms with Crippen LogP contribution in [0.4, 0.5) is 23.3 Å². The molecule has 136 valence electrons. The third-order valence-corrected chi connectivity index (χ3v) is 3.75. The molecule has 2 heterocycles. The van der Waals surface area contributed by atoms with Gasteiger partial charge in [0, 0.05) is 30.0 Å². The normalized spacial score (nSPS) is 10.5. The number of benzene rings is 1. The first kappa shape index (κ1) is 17.8. The smallest absolute Gasteiger partial charge is 0.229 e. The third-order valence-electron chi connectivity index (χ3n) is 3.46. The number of aromatic nitrogens is 3. The summed E-state index contributed by atoms with van der Waals surface area (Å²) in [6, 6.07) is 6.96. The van der Waals surface area contributed by atoms with E-state index in [0.29, 0.717) is 45.6 Å². The van der Waals surface area contributed by atoms with Crippen molar-refractivity contribution in [3.05, 3.63) is 40.7 Å². The minimum atomic E-state index is 0.385. The minimum Gasteiger partial charge on any atom is -0.495 e. The molecule has 0 bridgehead atoms. The summed E-state index contributed by atoms with van der Waals surface area (Å²) in [6.45, 7) is 3.68. The van der Waals surface area contributed by atoms with Crippen molar-refractivity contribution in [1.82, 2.24) is 15.1 Å². The fraction of sp³-hybridized carbons (Fsp3) is 0.235. The highest BCUT2D eigenvalue weighted by Gasteiger charge is 2.12. The van der Waals surface area contributed by atoms with Crippen molar-refractivity contribution in [1.29, 1.82) is 0 Å². The number of nitrogens with one attached hydrogen (secondary N) is 2. The third kappa shape index (κ3) is 3.97. The molecule has 2 aromatic heterocycles. The fourth-order valence-corrected chi connectivity index (χ4v) is 2.55. The van der Waals surface area contributed by atoms with Crippen LogP contribution in [0, 0.1) is 13.8 Å². The van der Waals surface area contributed by atoms with Crippen molar-refractivity contribution in [2.75, 3.05) is 24.9 Å². The zero-order chi connectivity index (χ0) is 18.7. The number of hydrogen-bond acceptors (Lipinski definition) is 8. The summed E-state index contributed by atoms with van der Waals surface area (Å²) in [5.74, 6) is 3.29. The molecule has 0 spiro atoms. The van der Waals surface area contributed by atoms with Crippen molar-refractivity contribution in [2.24, 2.45) is 0 Å². The molecule has 26 heavy (non-hydrogen) atoms. The lowest BCUT2D eigenvalue weighted by atomic mass is 10.2. The first-order chi connectivity index (χ1) is 12.5. The molecular formula is C17H18ClN5O3. The lowest BCUT2D eigenvalue weighted by Crippen LogP contribution is -2.04. The maximum atomic E-state index is 6.14. The summed E-state index contributed by atoms with van der Waals surface area (Å²) in [6.07, 6.45) is 0. The van der Waals surface area contributed by atoms with E-state index in [0.717, 1.165) is 5.69 Å². The summed E-state index contributed by atoms with van der Waals surface area (Å²) in [4.78, 5) is 8.84. The number of halogens is 1. The van der Waals surface area contributed by atoms with Crippen LogP contribution in [0.2, 0.25) is 5.02 Å². The van der Waals surface area contributed by atoms with E-state index in [1.54, 1.807) is 38.5 Å². The number of anilines is 4. The van der Waals surface area contributed by atoms with Crippen LogP contribution in [0.5, 0.6) is 11.5 Å². The van der Waals surface area contributed by atoms with Crippen molar-refractivity contribution in [3.63, 3.8) is 0 Å². The number of methoxy groups -OCH3 is 2. The molecule has 0 aliphatic heterocycles. The Morgan fingerprint density at radius 3 is 2.35 bits per heavy atom. The van der Waals surface area contributed by atoms with Gasteiger partial charge in [0.05, 0.1) is 24.9 Å². The van der Waals surface area contributed by atoms with Gasteiger partial charge in [0.1, 0.15) is 23.1 Å². The van der Waals surface area contributed by atoms with E-state index in [4.69, 9.17) is 25.6 Å². The standard InChI is InChI=1S/C17H18ClN5O3/c1-9-5-15(21-16-6-10(2)26-23-16)22-17(19-9)20-12-8-13(24-3)11(18)7-14(12)25-4/h5-8H,1-4H3,(H2,19,20,21,22,23). The van der Waals surface area contributed by atoms with E-state index in [2.05, 4.69) is 25.8 Å². The highest BCUT2D eigenvalue weighted by Crippen LogP contribution is 2.37. The van der Waals surface area contributed by atoms with Gasteiger partial charge in [0.15, 0.2) is 5.82 Å². The second kappa shape index (κ2) is 7.49. The van der Waals surface area contributed by atoms with Crippen LogP contribution in [0.25, 0.3) is 0 Å². The quantitative estimate of drug-likeness (QED) is 0.660. The Bertz CT molecular complexity index is 929. The van der Waals surface area contributed by atoms with Gasteiger partial charge in [0.25, 0.3) is 0 Å². The molecule has 8 nitrogen and oxygen atoms in total. The van der Waals surface area contributed by atoms with Gasteiger partial charge in [-0.25, -0.2) is 4.98 Å². The molecule has 0 aliphatic rings. The molecule has 0 fully saturated rings. The van der Waals surface area contributed by atoms with Crippen LogP contribution in [-0.4, -0.2) is 29.3 Å². The van der Waals surface area contributed by atoms with Crippen LogP contribution in [0.3, 0.4) is 0 Å². The number of nitrogens with zero attached hydrogens (tertiary/aromatic N) is 3. The molecule has 9 heteroatoms. The average molecular weight is 376 g/mol. The summed E-state index contributed by atoms with van der Waals surface area (Å²) < 4.78 is 15.7. The summed E-state index contributed by atoms with van der Waals surface area (Å²) in [5, 5.41) is 10.6. The maximum Gasteiger partial charge on any atom is 0.229 e. The predicted molar refractivity (Wildman–Crippen MR) is 99.1 cm³/mol. The molecule has 0 saturated heterocycles. The first-order valence-electron chi connectivity index (χ1n) is 7.73. The van der Waals surface area contributed by atoms with Gasteiger partial charge in [-0.05, 0) is 13.8 Å². The van der Waals surface area contributed by atoms with Gasteiger partial charge in [-0.2, -0.15) is 4.98 Å². The summed E-state index contributed by atoms with van der Waals surface area (Å²) in [7, 11) is 3.10. The molecule has 3 rings (SSSR count). The predicted octanol–water partition coefficient (Wildman–Crippen LogP) is 4.24. The van der Waals surface area contributed by atoms with Gasteiger partial charge in [-0.15, -0.1) is 0 Å². The monoisotopic (exact) mass is 375 g/mol. The highest BCUT2D eigenvalue weighted by molar-refractivity contribution is 6.32. The Hall–Kier alpha value is -3.00. The summed E-state index contributed by atoms with van der Waals surface area (Å²) >= 11 is 6.14. The van der Waals surface area contributed by atoms with Gasteiger partial charge in [-0.1, -0.05) is 16.8 Å². The van der Waals surface area contributed by atoms with E-state index in [1.165, 1.54) is 0 Å². The molecule has 0 radical (unpaired) electrons. The van der Waals surface area contributed by atoms with E-state index < -0.39 is 0 Å². The molecule has 0 atom stereocenters. The minimum absolute atomic E-state index is 0.385. The molecule has 0 amide bonds. The van der Waals surface area contributed by atoms with Crippen molar-refractivity contribution < 1.29 is 14.0 Å². The second-order valence-electron chi connectivity index (χ2n) is 5.48. The first-order valence-corrected chi connectivity index (χ1v) is 8.11. The zero-order valence-corrected chi connectivity index (χ0v) is 15.5. The van der Waals surface area contributed by atoms with Gasteiger partial charge >= 0.3 is 0 Å². The molecule has 0 unspecified atom stereocenters. The average Bonchev–Trinajstić information content (AvgIpc) is 3.00. The van der Waals surface area contributed by atoms with Crippen LogP contribution in [0.1, 0.15) is 11.5 Å². The highest BCUT2D eigenvalue weighted by atomic mass is 35.5. The molecule has 3 aromatic rings. The molecule has 0 saturated carbocycles. The Balaban J connectivity index is 1.90. The fourth-order valence-electron chi connectivity index (χ4n) is 2.32. The van der Waals surface area contributed by atoms with Crippen molar-refractivity contribution in [2.45, 2.75) is 13.8 Å². The Morgan fingerprint density at radius 1 is 0.923 bits per heavy atom. The number of rotatable bonds is 6. The van der Waals surface area contributed by atoms with Gasteiger partial charge < -0.3 is 24.6 Å². The molecule has 0 aliphatic carbocycles. The van der Waals surface area contributed by atoms with Crippen LogP contribution >= 0.6 is 11.6 Å². The van der Waals surface area contributed by atoms with Crippen molar-refractivity contribution in [3.8, 4) is 11.5 Å². The Labute approximate surface area is 155 Å². The van der Waals surface area contributed by atoms with Crippen LogP contribution in [-0.2, 0) is 0 Å². The van der Waals surface area contributed by atoms with Crippen molar-refractivity contribution >= 4 is 34.9 Å². The number of ether oxygens (including phenoxy) is 2. The topological polar surface area (TPSA) is 94.3 Å². The molecule has 2 N–H and O–H groups in total. The lowest BCUT2D eigenvalue weighted by Gasteiger charge is -2.14. The van der Waals surface area contributed by atoms with E-state index >= 15 is 0 Å². The van der Waals surface area contributed by atoms with E-state index in [9.17, 15) is 0 Å². The van der Waals surface area contributed by atoms with Crippen LogP contribution < -0.4 is 20.1 Å². The zero-order valence-electron chi connectivity index (χ0n) is 14.8. The maximum absolute atomic E-state index is 6.14. The van der Waals surface area contributed by atoms with Crippen LogP contribution in [0.15, 0.2) is 28.8 Å². The Kier molecular flexibility index (Phi) is 5.13. The second-order valence-corrected chi connectivity index (χ2v) is 5.89. The van der Waals surface area contributed by atoms with E-state index in [-0.39, 0.29) is 0 Å². The number of aryl methyl sites for hydroxylation is 2. The number of hydrogen-bond donors (Lipinski definition) is 2.